The highest BCUT2D eigenvalue weighted by Crippen LogP contribution is 2.14. The SMILES string of the molecule is Cc1cc(CNC(=O)c2cccs2)c(C)o1. The Kier molecular flexibility index (Phi) is 3.10. The molecule has 0 aromatic carbocycles. The van der Waals surface area contributed by atoms with Gasteiger partial charge in [0.25, 0.3) is 5.91 Å². The van der Waals surface area contributed by atoms with Crippen LogP contribution in [-0.4, -0.2) is 5.91 Å². The van der Waals surface area contributed by atoms with Crippen molar-refractivity contribution < 1.29 is 9.21 Å². The van der Waals surface area contributed by atoms with Gasteiger partial charge in [-0.3, -0.25) is 4.79 Å². The molecule has 0 saturated carbocycles. The molecule has 0 aliphatic carbocycles. The number of rotatable bonds is 3. The first kappa shape index (κ1) is 11.0. The highest BCUT2D eigenvalue weighted by molar-refractivity contribution is 7.12. The smallest absolute Gasteiger partial charge is 0.261 e. The fraction of sp³-hybridized carbons (Fsp3) is 0.250. The molecule has 0 bridgehead atoms. The molecule has 2 aromatic rings. The molecule has 0 fully saturated rings. The van der Waals surface area contributed by atoms with Gasteiger partial charge in [-0.05, 0) is 31.4 Å². The molecule has 0 radical (unpaired) electrons. The summed E-state index contributed by atoms with van der Waals surface area (Å²) in [5, 5.41) is 4.76. The number of carbonyl (C=O) groups is 1. The first-order valence-corrected chi connectivity index (χ1v) is 5.92. The number of hydrogen-bond acceptors (Lipinski definition) is 3. The number of amides is 1. The zero-order valence-electron chi connectivity index (χ0n) is 9.24. The fourth-order valence-electron chi connectivity index (χ4n) is 1.53. The van der Waals surface area contributed by atoms with E-state index in [0.29, 0.717) is 6.54 Å². The van der Waals surface area contributed by atoms with Crippen LogP contribution >= 0.6 is 11.3 Å². The summed E-state index contributed by atoms with van der Waals surface area (Å²) in [6, 6.07) is 5.63. The van der Waals surface area contributed by atoms with Crippen LogP contribution in [0.3, 0.4) is 0 Å². The molecule has 4 heteroatoms. The molecule has 0 aliphatic heterocycles. The first-order valence-electron chi connectivity index (χ1n) is 5.04. The number of nitrogens with one attached hydrogen (secondary N) is 1. The van der Waals surface area contributed by atoms with Crippen LogP contribution in [0.4, 0.5) is 0 Å². The minimum Gasteiger partial charge on any atom is -0.466 e. The Balaban J connectivity index is 1.98. The zero-order valence-corrected chi connectivity index (χ0v) is 10.1. The monoisotopic (exact) mass is 235 g/mol. The van der Waals surface area contributed by atoms with E-state index in [0.717, 1.165) is 22.0 Å². The first-order chi connectivity index (χ1) is 7.66. The maximum absolute atomic E-state index is 11.7. The van der Waals surface area contributed by atoms with Crippen molar-refractivity contribution in [3.63, 3.8) is 0 Å². The largest absolute Gasteiger partial charge is 0.466 e. The lowest BCUT2D eigenvalue weighted by atomic mass is 10.2. The van der Waals surface area contributed by atoms with Crippen LogP contribution in [0.15, 0.2) is 28.0 Å². The Morgan fingerprint density at radius 3 is 2.88 bits per heavy atom. The Morgan fingerprint density at radius 2 is 2.31 bits per heavy atom. The Labute approximate surface area is 98.1 Å². The number of aryl methyl sites for hydroxylation is 2. The van der Waals surface area contributed by atoms with E-state index in [1.165, 1.54) is 11.3 Å². The molecule has 2 heterocycles. The van der Waals surface area contributed by atoms with Gasteiger partial charge < -0.3 is 9.73 Å². The average Bonchev–Trinajstić information content (AvgIpc) is 2.84. The minimum absolute atomic E-state index is 0.0340. The van der Waals surface area contributed by atoms with Crippen molar-refractivity contribution in [1.82, 2.24) is 5.32 Å². The second kappa shape index (κ2) is 4.53. The molecule has 16 heavy (non-hydrogen) atoms. The maximum Gasteiger partial charge on any atom is 0.261 e. The highest BCUT2D eigenvalue weighted by Gasteiger charge is 2.08. The molecular weight excluding hydrogens is 222 g/mol. The predicted octanol–water partition coefficient (Wildman–Crippen LogP) is 2.89. The number of carbonyl (C=O) groups excluding carboxylic acids is 1. The summed E-state index contributed by atoms with van der Waals surface area (Å²) in [6.45, 7) is 4.32. The molecule has 0 aliphatic rings. The van der Waals surface area contributed by atoms with Gasteiger partial charge in [0.05, 0.1) is 4.88 Å². The van der Waals surface area contributed by atoms with Gasteiger partial charge in [0, 0.05) is 12.1 Å². The van der Waals surface area contributed by atoms with Crippen molar-refractivity contribution in [3.8, 4) is 0 Å². The van der Waals surface area contributed by atoms with Gasteiger partial charge in [0.15, 0.2) is 0 Å². The molecule has 2 rings (SSSR count). The Morgan fingerprint density at radius 1 is 1.50 bits per heavy atom. The van der Waals surface area contributed by atoms with Gasteiger partial charge in [0.1, 0.15) is 11.5 Å². The van der Waals surface area contributed by atoms with E-state index in [1.807, 2.05) is 37.4 Å². The third kappa shape index (κ3) is 2.33. The van der Waals surface area contributed by atoms with Gasteiger partial charge in [-0.2, -0.15) is 0 Å². The lowest BCUT2D eigenvalue weighted by Gasteiger charge is -2.01. The molecule has 0 spiro atoms. The van der Waals surface area contributed by atoms with Crippen molar-refractivity contribution >= 4 is 17.2 Å². The van der Waals surface area contributed by atoms with E-state index in [9.17, 15) is 4.79 Å². The predicted molar refractivity (Wildman–Crippen MR) is 63.7 cm³/mol. The summed E-state index contributed by atoms with van der Waals surface area (Å²) in [5.41, 5.74) is 1.03. The molecule has 0 saturated heterocycles. The van der Waals surface area contributed by atoms with Crippen molar-refractivity contribution in [1.29, 1.82) is 0 Å². The van der Waals surface area contributed by atoms with E-state index in [4.69, 9.17) is 4.42 Å². The highest BCUT2D eigenvalue weighted by atomic mass is 32.1. The van der Waals surface area contributed by atoms with Crippen LogP contribution in [-0.2, 0) is 6.54 Å². The normalized spacial score (nSPS) is 10.4. The van der Waals surface area contributed by atoms with E-state index >= 15 is 0 Å². The Bertz CT molecular complexity index is 485. The van der Waals surface area contributed by atoms with Crippen LogP contribution < -0.4 is 5.32 Å². The maximum atomic E-state index is 11.7. The van der Waals surface area contributed by atoms with Gasteiger partial charge in [0.2, 0.25) is 0 Å². The number of furan rings is 1. The van der Waals surface area contributed by atoms with Crippen LogP contribution in [0.1, 0.15) is 26.8 Å². The van der Waals surface area contributed by atoms with E-state index in [1.54, 1.807) is 0 Å². The fourth-order valence-corrected chi connectivity index (χ4v) is 2.17. The minimum atomic E-state index is -0.0340. The number of thiophene rings is 1. The summed E-state index contributed by atoms with van der Waals surface area (Å²) in [7, 11) is 0. The zero-order chi connectivity index (χ0) is 11.5. The standard InChI is InChI=1S/C12H13NO2S/c1-8-6-10(9(2)15-8)7-13-12(14)11-4-3-5-16-11/h3-6H,7H2,1-2H3,(H,13,14). The quantitative estimate of drug-likeness (QED) is 0.888. The molecular formula is C12H13NO2S. The van der Waals surface area contributed by atoms with Crippen LogP contribution in [0, 0.1) is 13.8 Å². The second-order valence-electron chi connectivity index (χ2n) is 3.60. The molecule has 0 unspecified atom stereocenters. The van der Waals surface area contributed by atoms with Crippen molar-refractivity contribution in [2.24, 2.45) is 0 Å². The summed E-state index contributed by atoms with van der Waals surface area (Å²) in [5.74, 6) is 1.70. The van der Waals surface area contributed by atoms with E-state index in [2.05, 4.69) is 5.32 Å². The molecule has 3 nitrogen and oxygen atoms in total. The third-order valence-electron chi connectivity index (χ3n) is 2.33. The van der Waals surface area contributed by atoms with Crippen molar-refractivity contribution in [3.05, 3.63) is 45.5 Å². The Hall–Kier alpha value is -1.55. The lowest BCUT2D eigenvalue weighted by molar-refractivity contribution is 0.0955. The van der Waals surface area contributed by atoms with Gasteiger partial charge >= 0.3 is 0 Å². The van der Waals surface area contributed by atoms with E-state index < -0.39 is 0 Å². The average molecular weight is 235 g/mol. The molecule has 1 amide bonds. The van der Waals surface area contributed by atoms with Crippen LogP contribution in [0.25, 0.3) is 0 Å². The van der Waals surface area contributed by atoms with E-state index in [-0.39, 0.29) is 5.91 Å². The topological polar surface area (TPSA) is 42.2 Å². The van der Waals surface area contributed by atoms with Gasteiger partial charge in [-0.1, -0.05) is 6.07 Å². The van der Waals surface area contributed by atoms with Crippen LogP contribution in [0.5, 0.6) is 0 Å². The summed E-state index contributed by atoms with van der Waals surface area (Å²) in [4.78, 5) is 12.4. The second-order valence-corrected chi connectivity index (χ2v) is 4.55. The molecule has 2 aromatic heterocycles. The summed E-state index contributed by atoms with van der Waals surface area (Å²) >= 11 is 1.44. The lowest BCUT2D eigenvalue weighted by Crippen LogP contribution is -2.21. The van der Waals surface area contributed by atoms with Gasteiger partial charge in [-0.15, -0.1) is 11.3 Å². The number of hydrogen-bond donors (Lipinski definition) is 1. The third-order valence-corrected chi connectivity index (χ3v) is 3.20. The van der Waals surface area contributed by atoms with Crippen LogP contribution in [0.2, 0.25) is 0 Å². The summed E-state index contributed by atoms with van der Waals surface area (Å²) in [6.07, 6.45) is 0. The summed E-state index contributed by atoms with van der Waals surface area (Å²) < 4.78 is 5.39. The molecule has 0 atom stereocenters. The van der Waals surface area contributed by atoms with Crippen molar-refractivity contribution in [2.45, 2.75) is 20.4 Å². The van der Waals surface area contributed by atoms with Gasteiger partial charge in [-0.25, -0.2) is 0 Å². The van der Waals surface area contributed by atoms with Crippen molar-refractivity contribution in [2.75, 3.05) is 0 Å². The molecule has 1 N–H and O–H groups in total. The molecule has 84 valence electrons.